The van der Waals surface area contributed by atoms with E-state index in [9.17, 15) is 0 Å². The molecule has 0 radical (unpaired) electrons. The first-order valence-electron chi connectivity index (χ1n) is 5.58. The van der Waals surface area contributed by atoms with Gasteiger partial charge in [-0.05, 0) is 17.7 Å². The van der Waals surface area contributed by atoms with E-state index in [1.54, 1.807) is 12.4 Å². The zero-order valence-corrected chi connectivity index (χ0v) is 9.80. The van der Waals surface area contributed by atoms with Crippen LogP contribution in [0.5, 0.6) is 0 Å². The number of hydrogen-bond donors (Lipinski definition) is 1. The average molecular weight is 225 g/mol. The average Bonchev–Trinajstić information content (AvgIpc) is 2.40. The Bertz CT molecular complexity index is 477. The third kappa shape index (κ3) is 3.14. The Morgan fingerprint density at radius 1 is 1.12 bits per heavy atom. The maximum atomic E-state index is 4.33. The van der Waals surface area contributed by atoms with Crippen molar-refractivity contribution in [3.05, 3.63) is 66.0 Å². The van der Waals surface area contributed by atoms with Crippen molar-refractivity contribution in [2.24, 2.45) is 5.10 Å². The number of hydrogen-bond acceptors (Lipinski definition) is 3. The summed E-state index contributed by atoms with van der Waals surface area (Å²) in [6.07, 6.45) is 4.38. The molecule has 0 spiro atoms. The fourth-order valence-corrected chi connectivity index (χ4v) is 1.67. The smallest absolute Gasteiger partial charge is 0.0719 e. The zero-order valence-electron chi connectivity index (χ0n) is 9.80. The van der Waals surface area contributed by atoms with E-state index in [1.165, 1.54) is 5.56 Å². The van der Waals surface area contributed by atoms with E-state index in [1.807, 2.05) is 37.4 Å². The van der Waals surface area contributed by atoms with Crippen LogP contribution in [0.1, 0.15) is 11.1 Å². The minimum atomic E-state index is 0.811. The topological polar surface area (TPSA) is 37.3 Å². The summed E-state index contributed by atoms with van der Waals surface area (Å²) in [6, 6.07) is 14.2. The molecule has 0 fully saturated rings. The van der Waals surface area contributed by atoms with E-state index in [2.05, 4.69) is 27.6 Å². The van der Waals surface area contributed by atoms with Gasteiger partial charge in [0.25, 0.3) is 0 Å². The number of benzene rings is 1. The number of aromatic nitrogens is 1. The Balaban J connectivity index is 2.23. The summed E-state index contributed by atoms with van der Waals surface area (Å²) in [4.78, 5) is 4.02. The first kappa shape index (κ1) is 11.3. The molecule has 1 aromatic carbocycles. The molecular formula is C14H15N3. The maximum absolute atomic E-state index is 4.33. The first-order valence-corrected chi connectivity index (χ1v) is 5.58. The Labute approximate surface area is 101 Å². The summed E-state index contributed by atoms with van der Waals surface area (Å²) in [5, 5.41) is 4.33. The van der Waals surface area contributed by atoms with E-state index < -0.39 is 0 Å². The summed E-state index contributed by atoms with van der Waals surface area (Å²) in [6.45, 7) is 0. The molecule has 0 unspecified atom stereocenters. The van der Waals surface area contributed by atoms with Crippen LogP contribution < -0.4 is 5.43 Å². The molecule has 0 saturated carbocycles. The molecule has 0 aliphatic heterocycles. The van der Waals surface area contributed by atoms with Gasteiger partial charge in [-0.2, -0.15) is 5.10 Å². The van der Waals surface area contributed by atoms with Crippen LogP contribution >= 0.6 is 0 Å². The van der Waals surface area contributed by atoms with E-state index in [0.717, 1.165) is 17.7 Å². The number of hydrazone groups is 1. The lowest BCUT2D eigenvalue weighted by Crippen LogP contribution is -2.10. The summed E-state index contributed by atoms with van der Waals surface area (Å²) >= 11 is 0. The number of pyridine rings is 1. The van der Waals surface area contributed by atoms with Crippen LogP contribution in [0.3, 0.4) is 0 Å². The quantitative estimate of drug-likeness (QED) is 0.640. The maximum Gasteiger partial charge on any atom is 0.0719 e. The van der Waals surface area contributed by atoms with Crippen LogP contribution in [-0.2, 0) is 6.42 Å². The molecular weight excluding hydrogens is 210 g/mol. The SMILES string of the molecule is CN/N=C(\Cc1ccccc1)c1ccncc1. The van der Waals surface area contributed by atoms with Gasteiger partial charge in [-0.15, -0.1) is 0 Å². The molecule has 2 rings (SSSR count). The molecule has 0 amide bonds. The van der Waals surface area contributed by atoms with E-state index in [0.29, 0.717) is 0 Å². The highest BCUT2D eigenvalue weighted by molar-refractivity contribution is 6.01. The molecule has 0 aliphatic rings. The molecule has 1 aromatic heterocycles. The minimum absolute atomic E-state index is 0.811. The summed E-state index contributed by atoms with van der Waals surface area (Å²) < 4.78 is 0. The third-order valence-corrected chi connectivity index (χ3v) is 2.47. The predicted octanol–water partition coefficient (Wildman–Crippen LogP) is 2.25. The van der Waals surface area contributed by atoms with Crippen molar-refractivity contribution in [2.75, 3.05) is 7.05 Å². The molecule has 0 atom stereocenters. The lowest BCUT2D eigenvalue weighted by atomic mass is 10.0. The van der Waals surface area contributed by atoms with Crippen molar-refractivity contribution in [3.63, 3.8) is 0 Å². The van der Waals surface area contributed by atoms with Crippen LogP contribution in [0.25, 0.3) is 0 Å². The molecule has 1 heterocycles. The van der Waals surface area contributed by atoms with Crippen LogP contribution in [0.4, 0.5) is 0 Å². The highest BCUT2D eigenvalue weighted by atomic mass is 15.3. The number of rotatable bonds is 4. The van der Waals surface area contributed by atoms with Crippen LogP contribution in [0.15, 0.2) is 60.0 Å². The Morgan fingerprint density at radius 2 is 1.82 bits per heavy atom. The van der Waals surface area contributed by atoms with Crippen molar-refractivity contribution in [1.29, 1.82) is 0 Å². The number of nitrogens with zero attached hydrogens (tertiary/aromatic N) is 2. The fourth-order valence-electron chi connectivity index (χ4n) is 1.67. The van der Waals surface area contributed by atoms with Gasteiger partial charge in [-0.1, -0.05) is 30.3 Å². The van der Waals surface area contributed by atoms with Crippen LogP contribution in [0.2, 0.25) is 0 Å². The lowest BCUT2D eigenvalue weighted by molar-refractivity contribution is 0.894. The van der Waals surface area contributed by atoms with Gasteiger partial charge >= 0.3 is 0 Å². The second-order valence-electron chi connectivity index (χ2n) is 3.68. The van der Waals surface area contributed by atoms with Gasteiger partial charge in [0, 0.05) is 31.4 Å². The predicted molar refractivity (Wildman–Crippen MR) is 70.0 cm³/mol. The van der Waals surface area contributed by atoms with Crippen molar-refractivity contribution in [2.45, 2.75) is 6.42 Å². The molecule has 0 saturated heterocycles. The normalized spacial score (nSPS) is 11.2. The van der Waals surface area contributed by atoms with Gasteiger partial charge in [0.2, 0.25) is 0 Å². The highest BCUT2D eigenvalue weighted by Crippen LogP contribution is 2.07. The second-order valence-corrected chi connectivity index (χ2v) is 3.68. The molecule has 17 heavy (non-hydrogen) atoms. The van der Waals surface area contributed by atoms with Gasteiger partial charge in [-0.3, -0.25) is 4.98 Å². The Morgan fingerprint density at radius 3 is 2.47 bits per heavy atom. The van der Waals surface area contributed by atoms with Crippen LogP contribution in [-0.4, -0.2) is 17.7 Å². The summed E-state index contributed by atoms with van der Waals surface area (Å²) in [5.41, 5.74) is 6.21. The molecule has 3 nitrogen and oxygen atoms in total. The van der Waals surface area contributed by atoms with E-state index in [4.69, 9.17) is 0 Å². The molecule has 86 valence electrons. The fraction of sp³-hybridized carbons (Fsp3) is 0.143. The largest absolute Gasteiger partial charge is 0.313 e. The van der Waals surface area contributed by atoms with Crippen molar-refractivity contribution in [1.82, 2.24) is 10.4 Å². The first-order chi connectivity index (χ1) is 8.40. The minimum Gasteiger partial charge on any atom is -0.313 e. The second kappa shape index (κ2) is 5.80. The monoisotopic (exact) mass is 225 g/mol. The van der Waals surface area contributed by atoms with Gasteiger partial charge in [0.05, 0.1) is 5.71 Å². The van der Waals surface area contributed by atoms with E-state index in [-0.39, 0.29) is 0 Å². The Hall–Kier alpha value is -2.16. The summed E-state index contributed by atoms with van der Waals surface area (Å²) in [5.74, 6) is 0. The van der Waals surface area contributed by atoms with E-state index >= 15 is 0 Å². The lowest BCUT2D eigenvalue weighted by Gasteiger charge is -2.06. The van der Waals surface area contributed by atoms with Gasteiger partial charge in [0.1, 0.15) is 0 Å². The van der Waals surface area contributed by atoms with Crippen LogP contribution in [0, 0.1) is 0 Å². The zero-order chi connectivity index (χ0) is 11.9. The van der Waals surface area contributed by atoms with Gasteiger partial charge < -0.3 is 5.43 Å². The molecule has 3 heteroatoms. The molecule has 0 aliphatic carbocycles. The Kier molecular flexibility index (Phi) is 3.86. The van der Waals surface area contributed by atoms with Crippen molar-refractivity contribution in [3.8, 4) is 0 Å². The van der Waals surface area contributed by atoms with Crippen molar-refractivity contribution >= 4 is 5.71 Å². The highest BCUT2D eigenvalue weighted by Gasteiger charge is 2.04. The van der Waals surface area contributed by atoms with Gasteiger partial charge in [-0.25, -0.2) is 0 Å². The molecule has 1 N–H and O–H groups in total. The third-order valence-electron chi connectivity index (χ3n) is 2.47. The molecule has 0 bridgehead atoms. The summed E-state index contributed by atoms with van der Waals surface area (Å²) in [7, 11) is 1.81. The van der Waals surface area contributed by atoms with Gasteiger partial charge in [0.15, 0.2) is 0 Å². The standard InChI is InChI=1S/C14H15N3/c1-15-17-14(13-7-9-16-10-8-13)11-12-5-3-2-4-6-12/h2-10,15H,11H2,1H3/b17-14+. The molecule has 2 aromatic rings. The number of nitrogens with one attached hydrogen (secondary N) is 1. The van der Waals surface area contributed by atoms with Crippen molar-refractivity contribution < 1.29 is 0 Å².